The molecule has 0 bridgehead atoms. The normalized spacial score (nSPS) is 12.7. The van der Waals surface area contributed by atoms with Crippen LogP contribution in [-0.4, -0.2) is 4.98 Å². The highest BCUT2D eigenvalue weighted by atomic mass is 35.5. The Morgan fingerprint density at radius 3 is 2.87 bits per heavy atom. The van der Waals surface area contributed by atoms with E-state index in [2.05, 4.69) is 10.4 Å². The molecule has 2 rings (SSSR count). The van der Waals surface area contributed by atoms with Crippen molar-refractivity contribution in [3.63, 3.8) is 0 Å². The molecule has 0 saturated heterocycles. The van der Waals surface area contributed by atoms with Gasteiger partial charge in [0.25, 0.3) is 0 Å². The molecule has 0 saturated carbocycles. The summed E-state index contributed by atoms with van der Waals surface area (Å²) in [6.45, 7) is 0. The van der Waals surface area contributed by atoms with E-state index in [0.29, 0.717) is 5.22 Å². The number of hydrogen-bond donors (Lipinski definition) is 2. The van der Waals surface area contributed by atoms with Crippen molar-refractivity contribution in [2.75, 3.05) is 0 Å². The summed E-state index contributed by atoms with van der Waals surface area (Å²) >= 11 is 5.88. The second-order valence-electron chi connectivity index (χ2n) is 3.04. The number of halogens is 1. The lowest BCUT2D eigenvalue weighted by Crippen LogP contribution is -2.28. The highest BCUT2D eigenvalue weighted by Crippen LogP contribution is 2.27. The number of nitrogens with two attached hydrogens (primary N) is 1. The van der Waals surface area contributed by atoms with E-state index in [1.54, 1.807) is 18.5 Å². The minimum atomic E-state index is -0.204. The van der Waals surface area contributed by atoms with E-state index < -0.39 is 0 Å². The molecule has 5 heteroatoms. The molecular weight excluding hydrogens is 214 g/mol. The fourth-order valence-corrected chi connectivity index (χ4v) is 1.65. The molecule has 0 radical (unpaired) electrons. The first kappa shape index (κ1) is 10.2. The van der Waals surface area contributed by atoms with Crippen molar-refractivity contribution in [1.29, 1.82) is 0 Å². The third-order valence-corrected chi connectivity index (χ3v) is 2.45. The first-order valence-electron chi connectivity index (χ1n) is 4.42. The minimum Gasteiger partial charge on any atom is -0.453 e. The topological polar surface area (TPSA) is 64.1 Å². The third kappa shape index (κ3) is 2.02. The van der Waals surface area contributed by atoms with Gasteiger partial charge in [0.05, 0.1) is 12.3 Å². The number of hydrogen-bond acceptors (Lipinski definition) is 4. The van der Waals surface area contributed by atoms with Gasteiger partial charge in [0.1, 0.15) is 0 Å². The first-order valence-corrected chi connectivity index (χ1v) is 4.79. The maximum absolute atomic E-state index is 5.88. The van der Waals surface area contributed by atoms with Crippen LogP contribution < -0.4 is 11.3 Å². The summed E-state index contributed by atoms with van der Waals surface area (Å²) < 4.78 is 5.02. The Bertz CT molecular complexity index is 429. The van der Waals surface area contributed by atoms with Crippen LogP contribution in [0.2, 0.25) is 5.22 Å². The molecule has 0 aromatic carbocycles. The Kier molecular flexibility index (Phi) is 3.01. The highest BCUT2D eigenvalue weighted by molar-refractivity contribution is 6.29. The zero-order valence-corrected chi connectivity index (χ0v) is 8.61. The number of nitrogens with zero attached hydrogens (tertiary/aromatic N) is 1. The Hall–Kier alpha value is -1.36. The molecule has 1 unspecified atom stereocenters. The monoisotopic (exact) mass is 223 g/mol. The largest absolute Gasteiger partial charge is 0.453 e. The number of furan rings is 1. The summed E-state index contributed by atoms with van der Waals surface area (Å²) in [5.41, 5.74) is 4.41. The van der Waals surface area contributed by atoms with E-state index in [1.165, 1.54) is 6.26 Å². The maximum Gasteiger partial charge on any atom is 0.198 e. The van der Waals surface area contributed by atoms with Crippen molar-refractivity contribution in [3.05, 3.63) is 53.2 Å². The van der Waals surface area contributed by atoms with Crippen LogP contribution in [0.1, 0.15) is 17.2 Å². The first-order chi connectivity index (χ1) is 7.33. The molecule has 0 fully saturated rings. The van der Waals surface area contributed by atoms with Crippen molar-refractivity contribution in [3.8, 4) is 0 Å². The molecular formula is C10H10ClN3O. The standard InChI is InChI=1S/C10H10ClN3O/c11-10-8(3-5-15-10)9(14-12)7-2-1-4-13-6-7/h1-6,9,14H,12H2. The Labute approximate surface area is 92.0 Å². The predicted molar refractivity (Wildman–Crippen MR) is 57.1 cm³/mol. The number of nitrogens with one attached hydrogen (secondary N) is 1. The number of aromatic nitrogens is 1. The summed E-state index contributed by atoms with van der Waals surface area (Å²) in [5, 5.41) is 0.335. The van der Waals surface area contributed by atoms with Crippen LogP contribution in [0.4, 0.5) is 0 Å². The Morgan fingerprint density at radius 2 is 2.33 bits per heavy atom. The molecule has 2 aromatic rings. The lowest BCUT2D eigenvalue weighted by Gasteiger charge is -2.14. The average molecular weight is 224 g/mol. The molecule has 1 atom stereocenters. The van der Waals surface area contributed by atoms with Gasteiger partial charge in [-0.2, -0.15) is 0 Å². The van der Waals surface area contributed by atoms with Gasteiger partial charge in [-0.15, -0.1) is 0 Å². The van der Waals surface area contributed by atoms with Crippen LogP contribution in [0.15, 0.2) is 41.3 Å². The van der Waals surface area contributed by atoms with E-state index >= 15 is 0 Å². The van der Waals surface area contributed by atoms with Crippen LogP contribution in [0.25, 0.3) is 0 Å². The van der Waals surface area contributed by atoms with Crippen molar-refractivity contribution >= 4 is 11.6 Å². The molecule has 0 spiro atoms. The lowest BCUT2D eigenvalue weighted by molar-refractivity contribution is 0.555. The van der Waals surface area contributed by atoms with Gasteiger partial charge in [-0.3, -0.25) is 10.8 Å². The van der Waals surface area contributed by atoms with E-state index in [0.717, 1.165) is 11.1 Å². The molecule has 0 amide bonds. The fourth-order valence-electron chi connectivity index (χ4n) is 1.42. The van der Waals surface area contributed by atoms with Crippen molar-refractivity contribution in [2.24, 2.45) is 5.84 Å². The number of rotatable bonds is 3. The van der Waals surface area contributed by atoms with E-state index in [-0.39, 0.29) is 6.04 Å². The zero-order valence-electron chi connectivity index (χ0n) is 7.85. The smallest absolute Gasteiger partial charge is 0.198 e. The fraction of sp³-hybridized carbons (Fsp3) is 0.100. The second kappa shape index (κ2) is 4.44. The van der Waals surface area contributed by atoms with Gasteiger partial charge < -0.3 is 4.42 Å². The van der Waals surface area contributed by atoms with Crippen LogP contribution in [0.5, 0.6) is 0 Å². The molecule has 78 valence electrons. The molecule has 3 N–H and O–H groups in total. The van der Waals surface area contributed by atoms with Gasteiger partial charge in [-0.25, -0.2) is 5.43 Å². The van der Waals surface area contributed by atoms with E-state index in [1.807, 2.05) is 12.1 Å². The number of pyridine rings is 1. The number of hydrazine groups is 1. The van der Waals surface area contributed by atoms with Crippen molar-refractivity contribution in [1.82, 2.24) is 10.4 Å². The molecule has 0 aliphatic rings. The molecule has 4 nitrogen and oxygen atoms in total. The molecule has 2 heterocycles. The summed E-state index contributed by atoms with van der Waals surface area (Å²) in [6, 6.07) is 5.33. The van der Waals surface area contributed by atoms with E-state index in [4.69, 9.17) is 21.9 Å². The molecule has 15 heavy (non-hydrogen) atoms. The summed E-state index contributed by atoms with van der Waals surface area (Å²) in [7, 11) is 0. The lowest BCUT2D eigenvalue weighted by atomic mass is 10.0. The highest BCUT2D eigenvalue weighted by Gasteiger charge is 2.17. The van der Waals surface area contributed by atoms with Crippen LogP contribution in [0.3, 0.4) is 0 Å². The van der Waals surface area contributed by atoms with Gasteiger partial charge in [0, 0.05) is 18.0 Å². The quantitative estimate of drug-likeness (QED) is 0.616. The van der Waals surface area contributed by atoms with Gasteiger partial charge in [-0.1, -0.05) is 6.07 Å². The molecule has 0 aliphatic carbocycles. The van der Waals surface area contributed by atoms with Gasteiger partial charge >= 0.3 is 0 Å². The minimum absolute atomic E-state index is 0.204. The van der Waals surface area contributed by atoms with Crippen molar-refractivity contribution < 1.29 is 4.42 Å². The average Bonchev–Trinajstić information content (AvgIpc) is 2.68. The van der Waals surface area contributed by atoms with Gasteiger partial charge in [0.2, 0.25) is 0 Å². The van der Waals surface area contributed by atoms with Crippen LogP contribution in [-0.2, 0) is 0 Å². The zero-order chi connectivity index (χ0) is 10.7. The van der Waals surface area contributed by atoms with Crippen LogP contribution >= 0.6 is 11.6 Å². The maximum atomic E-state index is 5.88. The predicted octanol–water partition coefficient (Wildman–Crippen LogP) is 1.88. The summed E-state index contributed by atoms with van der Waals surface area (Å²) in [6.07, 6.45) is 4.96. The van der Waals surface area contributed by atoms with Crippen LogP contribution in [0, 0.1) is 0 Å². The third-order valence-electron chi connectivity index (χ3n) is 2.14. The van der Waals surface area contributed by atoms with Gasteiger partial charge in [-0.05, 0) is 29.3 Å². The summed E-state index contributed by atoms with van der Waals surface area (Å²) in [4.78, 5) is 4.02. The summed E-state index contributed by atoms with van der Waals surface area (Å²) in [5.74, 6) is 5.49. The Morgan fingerprint density at radius 1 is 1.47 bits per heavy atom. The van der Waals surface area contributed by atoms with E-state index in [9.17, 15) is 0 Å². The molecule has 2 aromatic heterocycles. The Balaban J connectivity index is 2.37. The van der Waals surface area contributed by atoms with Gasteiger partial charge in [0.15, 0.2) is 5.22 Å². The van der Waals surface area contributed by atoms with Crippen molar-refractivity contribution in [2.45, 2.75) is 6.04 Å². The molecule has 0 aliphatic heterocycles. The second-order valence-corrected chi connectivity index (χ2v) is 3.38. The SMILES string of the molecule is NNC(c1cccnc1)c1ccoc1Cl.